The van der Waals surface area contributed by atoms with Crippen LogP contribution < -0.4 is 4.74 Å². The lowest BCUT2D eigenvalue weighted by atomic mass is 9.99. The Balaban J connectivity index is 1.99. The molecule has 3 rings (SSSR count). The van der Waals surface area contributed by atoms with Gasteiger partial charge in [-0.25, -0.2) is 0 Å². The molecule has 1 fully saturated rings. The monoisotopic (exact) mass is 412 g/mol. The zero-order valence-electron chi connectivity index (χ0n) is 17.6. The van der Waals surface area contributed by atoms with Gasteiger partial charge in [0, 0.05) is 18.7 Å². The molecule has 30 heavy (non-hydrogen) atoms. The number of likely N-dealkylation sites (N-methyl/N-ethyl adjacent to an activating group) is 1. The Labute approximate surface area is 176 Å². The van der Waals surface area contributed by atoms with Crippen molar-refractivity contribution >= 4 is 17.4 Å². The van der Waals surface area contributed by atoms with Gasteiger partial charge in [0.1, 0.15) is 23.3 Å². The van der Waals surface area contributed by atoms with Gasteiger partial charge in [-0.15, -0.1) is 0 Å². The molecule has 1 amide bonds. The van der Waals surface area contributed by atoms with Crippen molar-refractivity contribution in [3.05, 3.63) is 59.6 Å². The second kappa shape index (κ2) is 9.63. The number of aliphatic hydroxyl groups excluding tert-OH is 1. The third-order valence-electron chi connectivity index (χ3n) is 5.34. The largest absolute Gasteiger partial charge is 0.507 e. The molecule has 160 valence electrons. The summed E-state index contributed by atoms with van der Waals surface area (Å²) in [6, 6.07) is 9.44. The zero-order chi connectivity index (χ0) is 21.7. The van der Waals surface area contributed by atoms with E-state index in [0.29, 0.717) is 36.8 Å². The minimum absolute atomic E-state index is 0.0404. The van der Waals surface area contributed by atoms with Crippen LogP contribution in [0.5, 0.6) is 5.75 Å². The number of hydrogen-bond acceptors (Lipinski definition) is 6. The number of hydrogen-bond donors (Lipinski definition) is 1. The molecule has 0 spiro atoms. The van der Waals surface area contributed by atoms with E-state index in [1.54, 1.807) is 36.4 Å². The molecule has 0 radical (unpaired) electrons. The van der Waals surface area contributed by atoms with Crippen LogP contribution in [0.1, 0.15) is 38.1 Å². The minimum atomic E-state index is -0.762. The molecule has 2 aromatic rings. The Morgan fingerprint density at radius 2 is 1.83 bits per heavy atom. The highest BCUT2D eigenvalue weighted by molar-refractivity contribution is 6.46. The van der Waals surface area contributed by atoms with Crippen molar-refractivity contribution in [1.29, 1.82) is 0 Å². The van der Waals surface area contributed by atoms with Crippen LogP contribution in [0.25, 0.3) is 5.76 Å². The summed E-state index contributed by atoms with van der Waals surface area (Å²) in [5, 5.41) is 11.0. The van der Waals surface area contributed by atoms with Crippen molar-refractivity contribution in [1.82, 2.24) is 9.80 Å². The van der Waals surface area contributed by atoms with E-state index in [0.717, 1.165) is 13.1 Å². The Morgan fingerprint density at radius 1 is 1.13 bits per heavy atom. The Morgan fingerprint density at radius 3 is 2.40 bits per heavy atom. The molecule has 0 aliphatic carbocycles. The van der Waals surface area contributed by atoms with Crippen molar-refractivity contribution in [2.24, 2.45) is 0 Å². The highest BCUT2D eigenvalue weighted by Gasteiger charge is 2.47. The molecule has 1 saturated heterocycles. The number of benzene rings is 1. The third kappa shape index (κ3) is 4.26. The minimum Gasteiger partial charge on any atom is -0.507 e. The highest BCUT2D eigenvalue weighted by atomic mass is 16.5. The van der Waals surface area contributed by atoms with Crippen molar-refractivity contribution < 1.29 is 23.8 Å². The van der Waals surface area contributed by atoms with Crippen LogP contribution in [-0.2, 0) is 9.59 Å². The van der Waals surface area contributed by atoms with Gasteiger partial charge in [0.05, 0.1) is 18.4 Å². The molecule has 0 saturated carbocycles. The van der Waals surface area contributed by atoms with Crippen LogP contribution in [0.2, 0.25) is 0 Å². The molecular weight excluding hydrogens is 384 g/mol. The number of carbonyl (C=O) groups excluding carboxylic acids is 2. The molecule has 0 unspecified atom stereocenters. The first-order chi connectivity index (χ1) is 14.5. The average molecular weight is 412 g/mol. The lowest BCUT2D eigenvalue weighted by Gasteiger charge is -2.26. The standard InChI is InChI=1S/C23H28N2O5/c1-4-24(5-2)13-14-25-20(18-8-7-15-30-18)19(22(27)23(25)28)21(26)16-9-11-17(12-10-16)29-6-3/h7-12,15,20,26H,4-6,13-14H2,1-3H3/b21-19+/t20-/m0/s1. The fraction of sp³-hybridized carbons (Fsp3) is 0.391. The van der Waals surface area contributed by atoms with E-state index in [-0.39, 0.29) is 11.3 Å². The molecule has 0 bridgehead atoms. The number of aliphatic hydroxyl groups is 1. The summed E-state index contributed by atoms with van der Waals surface area (Å²) < 4.78 is 11.0. The summed E-state index contributed by atoms with van der Waals surface area (Å²) in [5.74, 6) is -0.445. The summed E-state index contributed by atoms with van der Waals surface area (Å²) >= 11 is 0. The Kier molecular flexibility index (Phi) is 6.95. The maximum absolute atomic E-state index is 12.9. The number of ketones is 1. The average Bonchev–Trinajstić information content (AvgIpc) is 3.37. The quantitative estimate of drug-likeness (QED) is 0.386. The van der Waals surface area contributed by atoms with Gasteiger partial charge in [-0.3, -0.25) is 9.59 Å². The van der Waals surface area contributed by atoms with E-state index in [1.807, 2.05) is 20.8 Å². The van der Waals surface area contributed by atoms with Crippen molar-refractivity contribution in [3.8, 4) is 5.75 Å². The van der Waals surface area contributed by atoms with Crippen LogP contribution in [-0.4, -0.2) is 59.4 Å². The molecule has 1 aliphatic heterocycles. The van der Waals surface area contributed by atoms with Gasteiger partial charge in [0.2, 0.25) is 0 Å². The predicted octanol–water partition coefficient (Wildman–Crippen LogP) is 3.44. The van der Waals surface area contributed by atoms with E-state index in [1.165, 1.54) is 11.2 Å². The number of amides is 1. The lowest BCUT2D eigenvalue weighted by Crippen LogP contribution is -2.37. The number of carbonyl (C=O) groups is 2. The maximum atomic E-state index is 12.9. The van der Waals surface area contributed by atoms with E-state index < -0.39 is 17.7 Å². The van der Waals surface area contributed by atoms with Gasteiger partial charge in [-0.2, -0.15) is 0 Å². The maximum Gasteiger partial charge on any atom is 0.295 e. The van der Waals surface area contributed by atoms with Crippen molar-refractivity contribution in [2.75, 3.05) is 32.8 Å². The summed E-state index contributed by atoms with van der Waals surface area (Å²) in [7, 11) is 0. The number of Topliss-reactive ketones (excluding diaryl/α,β-unsaturated/α-hetero) is 1. The zero-order valence-corrected chi connectivity index (χ0v) is 17.6. The molecule has 7 nitrogen and oxygen atoms in total. The molecule has 2 heterocycles. The lowest BCUT2D eigenvalue weighted by molar-refractivity contribution is -0.140. The summed E-state index contributed by atoms with van der Waals surface area (Å²) in [6.07, 6.45) is 1.50. The van der Waals surface area contributed by atoms with Gasteiger partial charge in [-0.1, -0.05) is 13.8 Å². The van der Waals surface area contributed by atoms with Crippen LogP contribution >= 0.6 is 0 Å². The highest BCUT2D eigenvalue weighted by Crippen LogP contribution is 2.39. The second-order valence-corrected chi connectivity index (χ2v) is 6.99. The topological polar surface area (TPSA) is 83.2 Å². The second-order valence-electron chi connectivity index (χ2n) is 6.99. The normalized spacial score (nSPS) is 18.4. The molecule has 1 aromatic heterocycles. The number of nitrogens with zero attached hydrogens (tertiary/aromatic N) is 2. The van der Waals surface area contributed by atoms with Gasteiger partial charge < -0.3 is 24.1 Å². The fourth-order valence-electron chi connectivity index (χ4n) is 3.67. The number of ether oxygens (including phenoxy) is 1. The molecule has 1 atom stereocenters. The molecule has 1 N–H and O–H groups in total. The molecule has 1 aromatic carbocycles. The number of rotatable bonds is 9. The van der Waals surface area contributed by atoms with Crippen molar-refractivity contribution in [2.45, 2.75) is 26.8 Å². The Bertz CT molecular complexity index is 898. The first-order valence-corrected chi connectivity index (χ1v) is 10.3. The van der Waals surface area contributed by atoms with E-state index in [2.05, 4.69) is 4.90 Å². The number of furan rings is 1. The summed E-state index contributed by atoms with van der Waals surface area (Å²) in [4.78, 5) is 29.4. The number of likely N-dealkylation sites (tertiary alicyclic amines) is 1. The summed E-state index contributed by atoms with van der Waals surface area (Å²) in [6.45, 7) is 9.19. The first kappa shape index (κ1) is 21.6. The van der Waals surface area contributed by atoms with Crippen LogP contribution in [0, 0.1) is 0 Å². The third-order valence-corrected chi connectivity index (χ3v) is 5.34. The van der Waals surface area contributed by atoms with Crippen LogP contribution in [0.15, 0.2) is 52.7 Å². The first-order valence-electron chi connectivity index (χ1n) is 10.3. The van der Waals surface area contributed by atoms with E-state index >= 15 is 0 Å². The van der Waals surface area contributed by atoms with Gasteiger partial charge in [0.25, 0.3) is 11.7 Å². The van der Waals surface area contributed by atoms with Crippen LogP contribution in [0.4, 0.5) is 0 Å². The van der Waals surface area contributed by atoms with Crippen LogP contribution in [0.3, 0.4) is 0 Å². The van der Waals surface area contributed by atoms with Gasteiger partial charge in [0.15, 0.2) is 0 Å². The SMILES string of the molecule is CCOc1ccc(/C(O)=C2\C(=O)C(=O)N(CCN(CC)CC)[C@H]2c2ccco2)cc1. The Hall–Kier alpha value is -3.06. The van der Waals surface area contributed by atoms with Gasteiger partial charge in [-0.05, 0) is 56.4 Å². The van der Waals surface area contributed by atoms with Gasteiger partial charge >= 0.3 is 0 Å². The molecule has 1 aliphatic rings. The smallest absolute Gasteiger partial charge is 0.295 e. The predicted molar refractivity (Wildman–Crippen MR) is 113 cm³/mol. The van der Waals surface area contributed by atoms with E-state index in [9.17, 15) is 14.7 Å². The fourth-order valence-corrected chi connectivity index (χ4v) is 3.67. The summed E-state index contributed by atoms with van der Waals surface area (Å²) in [5.41, 5.74) is 0.482. The molecule has 7 heteroatoms. The van der Waals surface area contributed by atoms with Crippen molar-refractivity contribution in [3.63, 3.8) is 0 Å². The van der Waals surface area contributed by atoms with E-state index in [4.69, 9.17) is 9.15 Å². The molecular formula is C23H28N2O5.